The molecule has 0 saturated heterocycles. The van der Waals surface area contributed by atoms with Crippen molar-refractivity contribution in [2.45, 2.75) is 49.6 Å². The minimum atomic E-state index is 0.203. The second-order valence-corrected chi connectivity index (χ2v) is 6.13. The second kappa shape index (κ2) is 6.83. The van der Waals surface area contributed by atoms with Gasteiger partial charge in [-0.1, -0.05) is 13.0 Å². The molecule has 3 nitrogen and oxygen atoms in total. The van der Waals surface area contributed by atoms with Crippen LogP contribution in [0.1, 0.15) is 38.2 Å². The Morgan fingerprint density at radius 3 is 2.74 bits per heavy atom. The summed E-state index contributed by atoms with van der Waals surface area (Å²) in [6, 6.07) is 8.43. The quantitative estimate of drug-likeness (QED) is 0.857. The maximum atomic E-state index is 9.33. The Morgan fingerprint density at radius 2 is 2.11 bits per heavy atom. The molecule has 0 atom stereocenters. The van der Waals surface area contributed by atoms with E-state index in [2.05, 4.69) is 13.0 Å². The molecule has 1 saturated carbocycles. The summed E-state index contributed by atoms with van der Waals surface area (Å²) < 4.78 is 6.02. The summed E-state index contributed by atoms with van der Waals surface area (Å²) in [5.74, 6) is 1.68. The van der Waals surface area contributed by atoms with Gasteiger partial charge in [-0.15, -0.1) is 11.8 Å². The first-order valence-corrected chi connectivity index (χ1v) is 7.81. The number of nitrogens with two attached hydrogens (primary N) is 1. The van der Waals surface area contributed by atoms with Gasteiger partial charge in [-0.2, -0.15) is 5.26 Å². The molecule has 19 heavy (non-hydrogen) atoms. The normalized spacial score (nSPS) is 22.8. The van der Waals surface area contributed by atoms with E-state index in [0.717, 1.165) is 42.1 Å². The number of rotatable bonds is 4. The van der Waals surface area contributed by atoms with Crippen LogP contribution in [-0.4, -0.2) is 17.9 Å². The summed E-state index contributed by atoms with van der Waals surface area (Å²) in [6.45, 7) is 2.09. The van der Waals surface area contributed by atoms with Gasteiger partial charge < -0.3 is 10.5 Å². The number of benzene rings is 1. The molecular weight excluding hydrogens is 256 g/mol. The van der Waals surface area contributed by atoms with E-state index in [1.165, 1.54) is 0 Å². The van der Waals surface area contributed by atoms with Crippen LogP contribution in [0.2, 0.25) is 0 Å². The lowest BCUT2D eigenvalue weighted by Gasteiger charge is -2.27. The van der Waals surface area contributed by atoms with Gasteiger partial charge >= 0.3 is 0 Å². The zero-order valence-electron chi connectivity index (χ0n) is 11.3. The van der Waals surface area contributed by atoms with Gasteiger partial charge in [0, 0.05) is 10.9 Å². The van der Waals surface area contributed by atoms with Crippen molar-refractivity contribution in [3.63, 3.8) is 0 Å². The summed E-state index contributed by atoms with van der Waals surface area (Å²) in [5, 5.41) is 9.33. The predicted octanol–water partition coefficient (Wildman–Crippen LogP) is 3.32. The van der Waals surface area contributed by atoms with Crippen molar-refractivity contribution in [1.82, 2.24) is 0 Å². The first-order valence-electron chi connectivity index (χ1n) is 6.82. The zero-order valence-corrected chi connectivity index (χ0v) is 12.1. The number of hydrogen-bond acceptors (Lipinski definition) is 4. The Kier molecular flexibility index (Phi) is 5.12. The van der Waals surface area contributed by atoms with E-state index in [-0.39, 0.29) is 6.10 Å². The molecule has 0 spiro atoms. The standard InChI is InChI=1S/C15H20N2OS/c1-2-19-15-5-3-4-14(13(15)10-16)18-12-8-6-11(17)7-9-12/h3-5,11-12H,2,6-9,17H2,1H3. The molecule has 1 aliphatic rings. The number of nitrogens with zero attached hydrogens (tertiary/aromatic N) is 1. The minimum Gasteiger partial charge on any atom is -0.489 e. The molecule has 1 aliphatic carbocycles. The van der Waals surface area contributed by atoms with E-state index >= 15 is 0 Å². The Balaban J connectivity index is 2.11. The van der Waals surface area contributed by atoms with E-state index < -0.39 is 0 Å². The van der Waals surface area contributed by atoms with Gasteiger partial charge in [-0.3, -0.25) is 0 Å². The molecule has 4 heteroatoms. The lowest BCUT2D eigenvalue weighted by Crippen LogP contribution is -2.31. The predicted molar refractivity (Wildman–Crippen MR) is 78.4 cm³/mol. The first kappa shape index (κ1) is 14.2. The van der Waals surface area contributed by atoms with Crippen LogP contribution in [0, 0.1) is 11.3 Å². The first-order chi connectivity index (χ1) is 9.24. The van der Waals surface area contributed by atoms with Crippen LogP contribution < -0.4 is 10.5 Å². The van der Waals surface area contributed by atoms with Crippen molar-refractivity contribution in [2.24, 2.45) is 5.73 Å². The fourth-order valence-electron chi connectivity index (χ4n) is 2.38. The fraction of sp³-hybridized carbons (Fsp3) is 0.533. The molecule has 0 radical (unpaired) electrons. The van der Waals surface area contributed by atoms with Crippen LogP contribution in [0.25, 0.3) is 0 Å². The fourth-order valence-corrected chi connectivity index (χ4v) is 3.16. The maximum absolute atomic E-state index is 9.33. The lowest BCUT2D eigenvalue weighted by atomic mass is 9.93. The highest BCUT2D eigenvalue weighted by molar-refractivity contribution is 7.99. The summed E-state index contributed by atoms with van der Waals surface area (Å²) in [5.41, 5.74) is 6.57. The molecule has 1 aromatic carbocycles. The molecule has 0 bridgehead atoms. The van der Waals surface area contributed by atoms with Crippen molar-refractivity contribution in [2.75, 3.05) is 5.75 Å². The Labute approximate surface area is 119 Å². The Hall–Kier alpha value is -1.18. The highest BCUT2D eigenvalue weighted by Crippen LogP contribution is 2.31. The highest BCUT2D eigenvalue weighted by Gasteiger charge is 2.21. The molecule has 0 unspecified atom stereocenters. The molecule has 0 aliphatic heterocycles. The summed E-state index contributed by atoms with van der Waals surface area (Å²) in [7, 11) is 0. The molecule has 0 heterocycles. The molecule has 0 aromatic heterocycles. The van der Waals surface area contributed by atoms with E-state index in [1.807, 2.05) is 18.2 Å². The van der Waals surface area contributed by atoms with Crippen molar-refractivity contribution in [3.05, 3.63) is 23.8 Å². The smallest absolute Gasteiger partial charge is 0.138 e. The number of nitriles is 1. The van der Waals surface area contributed by atoms with Crippen molar-refractivity contribution in [3.8, 4) is 11.8 Å². The zero-order chi connectivity index (χ0) is 13.7. The third kappa shape index (κ3) is 3.65. The summed E-state index contributed by atoms with van der Waals surface area (Å²) >= 11 is 1.68. The van der Waals surface area contributed by atoms with E-state index in [4.69, 9.17) is 10.5 Å². The molecule has 102 valence electrons. The molecule has 2 N–H and O–H groups in total. The third-order valence-electron chi connectivity index (χ3n) is 3.41. The van der Waals surface area contributed by atoms with Crippen molar-refractivity contribution < 1.29 is 4.74 Å². The van der Waals surface area contributed by atoms with Gasteiger partial charge in [0.2, 0.25) is 0 Å². The number of ether oxygens (including phenoxy) is 1. The third-order valence-corrected chi connectivity index (χ3v) is 4.35. The van der Waals surface area contributed by atoms with Crippen LogP contribution in [0.15, 0.2) is 23.1 Å². The van der Waals surface area contributed by atoms with Crippen molar-refractivity contribution >= 4 is 11.8 Å². The van der Waals surface area contributed by atoms with Gasteiger partial charge in [0.1, 0.15) is 17.4 Å². The van der Waals surface area contributed by atoms with Crippen LogP contribution in [-0.2, 0) is 0 Å². The number of hydrogen-bond donors (Lipinski definition) is 1. The van der Waals surface area contributed by atoms with Gasteiger partial charge in [-0.05, 0) is 43.6 Å². The van der Waals surface area contributed by atoms with E-state index in [9.17, 15) is 5.26 Å². The van der Waals surface area contributed by atoms with Crippen LogP contribution >= 0.6 is 11.8 Å². The monoisotopic (exact) mass is 276 g/mol. The van der Waals surface area contributed by atoms with Crippen LogP contribution in [0.5, 0.6) is 5.75 Å². The summed E-state index contributed by atoms with van der Waals surface area (Å²) in [6.07, 6.45) is 4.19. The molecule has 2 rings (SSSR count). The maximum Gasteiger partial charge on any atom is 0.138 e. The van der Waals surface area contributed by atoms with Crippen molar-refractivity contribution in [1.29, 1.82) is 5.26 Å². The molecular formula is C15H20N2OS. The van der Waals surface area contributed by atoms with E-state index in [0.29, 0.717) is 11.6 Å². The molecule has 1 aromatic rings. The second-order valence-electron chi connectivity index (χ2n) is 4.83. The average Bonchev–Trinajstić information content (AvgIpc) is 2.42. The van der Waals surface area contributed by atoms with E-state index in [1.54, 1.807) is 11.8 Å². The Morgan fingerprint density at radius 1 is 1.37 bits per heavy atom. The molecule has 0 amide bonds. The summed E-state index contributed by atoms with van der Waals surface area (Å²) in [4.78, 5) is 1.01. The topological polar surface area (TPSA) is 59.0 Å². The van der Waals surface area contributed by atoms with Crippen LogP contribution in [0.4, 0.5) is 0 Å². The number of thioether (sulfide) groups is 1. The van der Waals surface area contributed by atoms with Gasteiger partial charge in [0.25, 0.3) is 0 Å². The average molecular weight is 276 g/mol. The van der Waals surface area contributed by atoms with Gasteiger partial charge in [0.05, 0.1) is 6.10 Å². The van der Waals surface area contributed by atoms with Crippen LogP contribution in [0.3, 0.4) is 0 Å². The minimum absolute atomic E-state index is 0.203. The molecule has 1 fully saturated rings. The van der Waals surface area contributed by atoms with Gasteiger partial charge in [0.15, 0.2) is 0 Å². The lowest BCUT2D eigenvalue weighted by molar-refractivity contribution is 0.146. The Bertz CT molecular complexity index is 462. The SMILES string of the molecule is CCSc1cccc(OC2CCC(N)CC2)c1C#N. The highest BCUT2D eigenvalue weighted by atomic mass is 32.2. The largest absolute Gasteiger partial charge is 0.489 e. The van der Waals surface area contributed by atoms with Gasteiger partial charge in [-0.25, -0.2) is 0 Å².